The van der Waals surface area contributed by atoms with Gasteiger partial charge in [0.25, 0.3) is 0 Å². The van der Waals surface area contributed by atoms with Gasteiger partial charge < -0.3 is 5.73 Å². The van der Waals surface area contributed by atoms with Crippen LogP contribution in [0.4, 0.5) is 0 Å². The third-order valence-electron chi connectivity index (χ3n) is 3.96. The number of nitrogens with two attached hydrogens (primary N) is 1. The molecule has 0 saturated heterocycles. The van der Waals surface area contributed by atoms with Gasteiger partial charge >= 0.3 is 0 Å². The van der Waals surface area contributed by atoms with Crippen LogP contribution in [0.5, 0.6) is 0 Å². The van der Waals surface area contributed by atoms with E-state index in [-0.39, 0.29) is 11.3 Å². The summed E-state index contributed by atoms with van der Waals surface area (Å²) in [5.41, 5.74) is 11.6. The Bertz CT molecular complexity index is 564. The average molecular weight is 267 g/mol. The van der Waals surface area contributed by atoms with Crippen molar-refractivity contribution in [1.82, 2.24) is 0 Å². The summed E-state index contributed by atoms with van der Waals surface area (Å²) in [6, 6.07) is 17.3. The quantitative estimate of drug-likeness (QED) is 0.877. The summed E-state index contributed by atoms with van der Waals surface area (Å²) >= 11 is 0. The first-order valence-corrected chi connectivity index (χ1v) is 7.29. The smallest absolute Gasteiger partial charge is 0.0215 e. The maximum absolute atomic E-state index is 6.06. The summed E-state index contributed by atoms with van der Waals surface area (Å²) < 4.78 is 0. The van der Waals surface area contributed by atoms with E-state index in [2.05, 4.69) is 76.2 Å². The average Bonchev–Trinajstić information content (AvgIpc) is 2.41. The van der Waals surface area contributed by atoms with E-state index in [1.54, 1.807) is 0 Å². The number of hydrogen-bond donors (Lipinski definition) is 1. The highest BCUT2D eigenvalue weighted by Crippen LogP contribution is 2.31. The van der Waals surface area contributed by atoms with Gasteiger partial charge in [0.15, 0.2) is 0 Å². The lowest BCUT2D eigenvalue weighted by atomic mass is 9.81. The van der Waals surface area contributed by atoms with E-state index in [9.17, 15) is 0 Å². The molecule has 0 spiro atoms. The fraction of sp³-hybridized carbons (Fsp3) is 0.368. The number of hydrogen-bond acceptors (Lipinski definition) is 1. The van der Waals surface area contributed by atoms with Gasteiger partial charge in [0.2, 0.25) is 0 Å². The van der Waals surface area contributed by atoms with Gasteiger partial charge in [-0.15, -0.1) is 0 Å². The van der Waals surface area contributed by atoms with Crippen molar-refractivity contribution >= 4 is 0 Å². The molecule has 0 fully saturated rings. The van der Waals surface area contributed by atoms with E-state index in [0.717, 1.165) is 0 Å². The Morgan fingerprint density at radius 1 is 1.00 bits per heavy atom. The van der Waals surface area contributed by atoms with Crippen molar-refractivity contribution in [1.29, 1.82) is 0 Å². The summed E-state index contributed by atoms with van der Waals surface area (Å²) in [5.74, 6) is 0.276. The molecule has 0 radical (unpaired) electrons. The van der Waals surface area contributed by atoms with Crippen LogP contribution in [-0.4, -0.2) is 6.54 Å². The van der Waals surface area contributed by atoms with Gasteiger partial charge in [-0.1, -0.05) is 69.3 Å². The summed E-state index contributed by atoms with van der Waals surface area (Å²) in [5, 5.41) is 0. The molecule has 2 rings (SSSR count). The second-order valence-corrected chi connectivity index (χ2v) is 6.52. The fourth-order valence-electron chi connectivity index (χ4n) is 2.61. The Labute approximate surface area is 122 Å². The third-order valence-corrected chi connectivity index (χ3v) is 3.96. The Balaban J connectivity index is 2.50. The molecular formula is C19H25N. The molecule has 1 nitrogen and oxygen atoms in total. The molecule has 1 unspecified atom stereocenters. The highest BCUT2D eigenvalue weighted by molar-refractivity contribution is 5.42. The van der Waals surface area contributed by atoms with Crippen LogP contribution >= 0.6 is 0 Å². The van der Waals surface area contributed by atoms with E-state index in [0.29, 0.717) is 6.54 Å². The molecule has 2 aromatic rings. The predicted molar refractivity (Wildman–Crippen MR) is 87.2 cm³/mol. The Morgan fingerprint density at radius 3 is 2.20 bits per heavy atom. The van der Waals surface area contributed by atoms with Crippen LogP contribution in [0.3, 0.4) is 0 Å². The van der Waals surface area contributed by atoms with E-state index in [1.807, 2.05) is 0 Å². The van der Waals surface area contributed by atoms with Crippen molar-refractivity contribution in [2.75, 3.05) is 6.54 Å². The van der Waals surface area contributed by atoms with Gasteiger partial charge in [-0.3, -0.25) is 0 Å². The minimum Gasteiger partial charge on any atom is -0.330 e. The van der Waals surface area contributed by atoms with Gasteiger partial charge in [-0.25, -0.2) is 0 Å². The predicted octanol–water partition coefficient (Wildman–Crippen LogP) is 4.38. The molecule has 106 valence electrons. The standard InChI is InChI=1S/C19H25N/c1-14-10-11-16(19(2,3)4)12-17(14)18(13-20)15-8-6-5-7-9-15/h5-12,18H,13,20H2,1-4H3. The molecule has 0 aliphatic rings. The molecule has 0 aliphatic heterocycles. The molecule has 2 aromatic carbocycles. The zero-order chi connectivity index (χ0) is 14.8. The molecule has 1 heteroatoms. The molecule has 1 atom stereocenters. The summed E-state index contributed by atoms with van der Waals surface area (Å²) in [6.45, 7) is 9.57. The lowest BCUT2D eigenvalue weighted by molar-refractivity contribution is 0.588. The van der Waals surface area contributed by atoms with Gasteiger partial charge in [0.05, 0.1) is 0 Å². The van der Waals surface area contributed by atoms with Crippen molar-refractivity contribution in [2.24, 2.45) is 5.73 Å². The molecular weight excluding hydrogens is 242 g/mol. The Kier molecular flexibility index (Phi) is 4.29. The van der Waals surface area contributed by atoms with Crippen LogP contribution in [0.15, 0.2) is 48.5 Å². The number of rotatable bonds is 3. The van der Waals surface area contributed by atoms with Gasteiger partial charge in [-0.2, -0.15) is 0 Å². The number of benzene rings is 2. The second kappa shape index (κ2) is 5.80. The van der Waals surface area contributed by atoms with Crippen LogP contribution in [0, 0.1) is 6.92 Å². The topological polar surface area (TPSA) is 26.0 Å². The molecule has 0 amide bonds. The van der Waals surface area contributed by atoms with Crippen molar-refractivity contribution in [3.05, 3.63) is 70.8 Å². The second-order valence-electron chi connectivity index (χ2n) is 6.52. The minimum atomic E-state index is 0.165. The van der Waals surface area contributed by atoms with Gasteiger partial charge in [0.1, 0.15) is 0 Å². The van der Waals surface area contributed by atoms with Crippen LogP contribution < -0.4 is 5.73 Å². The van der Waals surface area contributed by atoms with Crippen LogP contribution in [0.25, 0.3) is 0 Å². The lowest BCUT2D eigenvalue weighted by Crippen LogP contribution is -2.17. The molecule has 0 bridgehead atoms. The molecule has 0 aliphatic carbocycles. The molecule has 0 saturated carbocycles. The first-order chi connectivity index (χ1) is 9.43. The molecule has 0 heterocycles. The summed E-state index contributed by atoms with van der Waals surface area (Å²) in [7, 11) is 0. The van der Waals surface area contributed by atoms with E-state index in [1.165, 1.54) is 22.3 Å². The highest BCUT2D eigenvalue weighted by atomic mass is 14.5. The van der Waals surface area contributed by atoms with Crippen molar-refractivity contribution in [3.63, 3.8) is 0 Å². The summed E-state index contributed by atoms with van der Waals surface area (Å²) in [6.07, 6.45) is 0. The Morgan fingerprint density at radius 2 is 1.65 bits per heavy atom. The first-order valence-electron chi connectivity index (χ1n) is 7.29. The normalized spacial score (nSPS) is 13.2. The van der Waals surface area contributed by atoms with E-state index >= 15 is 0 Å². The Hall–Kier alpha value is -1.60. The van der Waals surface area contributed by atoms with Crippen LogP contribution in [-0.2, 0) is 5.41 Å². The summed E-state index contributed by atoms with van der Waals surface area (Å²) in [4.78, 5) is 0. The molecule has 20 heavy (non-hydrogen) atoms. The maximum atomic E-state index is 6.06. The van der Waals surface area contributed by atoms with E-state index < -0.39 is 0 Å². The monoisotopic (exact) mass is 267 g/mol. The van der Waals surface area contributed by atoms with Crippen molar-refractivity contribution in [2.45, 2.75) is 39.0 Å². The minimum absolute atomic E-state index is 0.165. The van der Waals surface area contributed by atoms with Gasteiger partial charge in [0, 0.05) is 12.5 Å². The lowest BCUT2D eigenvalue weighted by Gasteiger charge is -2.24. The first kappa shape index (κ1) is 14.8. The zero-order valence-corrected chi connectivity index (χ0v) is 13.0. The largest absolute Gasteiger partial charge is 0.330 e. The van der Waals surface area contributed by atoms with E-state index in [4.69, 9.17) is 5.73 Å². The van der Waals surface area contributed by atoms with Crippen molar-refractivity contribution < 1.29 is 0 Å². The molecule has 2 N–H and O–H groups in total. The maximum Gasteiger partial charge on any atom is 0.0215 e. The SMILES string of the molecule is Cc1ccc(C(C)(C)C)cc1C(CN)c1ccccc1. The van der Waals surface area contributed by atoms with Crippen LogP contribution in [0.1, 0.15) is 48.9 Å². The van der Waals surface area contributed by atoms with Crippen LogP contribution in [0.2, 0.25) is 0 Å². The number of aryl methyl sites for hydroxylation is 1. The molecule has 0 aromatic heterocycles. The highest BCUT2D eigenvalue weighted by Gasteiger charge is 2.19. The van der Waals surface area contributed by atoms with Crippen molar-refractivity contribution in [3.8, 4) is 0 Å². The third kappa shape index (κ3) is 3.10. The fourth-order valence-corrected chi connectivity index (χ4v) is 2.61. The zero-order valence-electron chi connectivity index (χ0n) is 13.0. The van der Waals surface area contributed by atoms with Gasteiger partial charge in [-0.05, 0) is 34.6 Å².